The Morgan fingerprint density at radius 2 is 1.21 bits per heavy atom. The van der Waals surface area contributed by atoms with Gasteiger partial charge in [0, 0.05) is 13.0 Å². The van der Waals surface area contributed by atoms with E-state index in [0.29, 0.717) is 51.6 Å². The molecule has 0 unspecified atom stereocenters. The van der Waals surface area contributed by atoms with Gasteiger partial charge in [-0.2, -0.15) is 13.2 Å². The number of nitrogens with zero attached hydrogens (tertiary/aromatic N) is 1. The fourth-order valence-electron chi connectivity index (χ4n) is 4.04. The highest BCUT2D eigenvalue weighted by Gasteiger charge is 2.38. The molecule has 0 saturated carbocycles. The number of nitrogens with two attached hydrogens (primary N) is 5. The van der Waals surface area contributed by atoms with Gasteiger partial charge in [0.1, 0.15) is 18.1 Å². The summed E-state index contributed by atoms with van der Waals surface area (Å²) in [6, 6.07) is 4.83. The van der Waals surface area contributed by atoms with Crippen LogP contribution in [0.2, 0.25) is 0 Å². The van der Waals surface area contributed by atoms with E-state index in [1.54, 1.807) is 24.3 Å². The average molecular weight is 692 g/mol. The van der Waals surface area contributed by atoms with Gasteiger partial charge in [-0.1, -0.05) is 36.8 Å². The quantitative estimate of drug-likeness (QED) is 0.0424. The Morgan fingerprint density at radius 3 is 1.71 bits per heavy atom. The summed E-state index contributed by atoms with van der Waals surface area (Å²) in [5.74, 6) is -5.84. The highest BCUT2D eigenvalue weighted by Crippen LogP contribution is 2.13. The summed E-state index contributed by atoms with van der Waals surface area (Å²) in [4.78, 5) is 64.1. The van der Waals surface area contributed by atoms with Crippen molar-refractivity contribution in [3.05, 3.63) is 35.9 Å². The number of alkyl halides is 3. The van der Waals surface area contributed by atoms with E-state index in [1.807, 2.05) is 6.07 Å². The number of unbranched alkanes of at least 4 members (excludes halogenated alkanes) is 2. The van der Waals surface area contributed by atoms with Gasteiger partial charge < -0.3 is 54.8 Å². The Hall–Kier alpha value is -4.49. The van der Waals surface area contributed by atoms with Crippen LogP contribution in [0.15, 0.2) is 35.3 Å². The largest absolute Gasteiger partial charge is 0.490 e. The van der Waals surface area contributed by atoms with Crippen LogP contribution in [0, 0.1) is 0 Å². The number of carbonyl (C=O) groups excluding carboxylic acids is 3. The molecule has 0 saturated heterocycles. The first kappa shape index (κ1) is 43.5. The minimum absolute atomic E-state index is 0.0980. The predicted octanol–water partition coefficient (Wildman–Crippen LogP) is -0.960. The van der Waals surface area contributed by atoms with Gasteiger partial charge in [-0.15, -0.1) is 0 Å². The normalized spacial score (nSPS) is 13.4. The van der Waals surface area contributed by atoms with Crippen LogP contribution in [0.25, 0.3) is 0 Å². The standard InChI is InChI=1S/C27H47N9O5.C2HF3O2/c28-14-6-4-11-19(30)23(37)34-20(13-8-16-33-27(31)32)24(38)36-22(17-18-9-2-1-3-10-18)25(39)35-21(26(40)41)12-5-7-15-29;3-2(4,5)1(6)7/h1-3,9-10,19-22H,4-8,11-17,28-30H2,(H,34,37)(H,35,39)(H,36,38)(H,40,41)(H4,31,32,33);(H,6,7)/t19-,20-,21-,22-;/m0./s1. The molecule has 0 bridgehead atoms. The second-order valence-corrected chi connectivity index (χ2v) is 10.6. The molecule has 48 heavy (non-hydrogen) atoms. The summed E-state index contributed by atoms with van der Waals surface area (Å²) >= 11 is 0. The Bertz CT molecular complexity index is 1170. The van der Waals surface area contributed by atoms with Crippen molar-refractivity contribution in [3.63, 3.8) is 0 Å². The van der Waals surface area contributed by atoms with Crippen molar-refractivity contribution < 1.29 is 47.4 Å². The Labute approximate surface area is 276 Å². The predicted molar refractivity (Wildman–Crippen MR) is 171 cm³/mol. The molecule has 0 spiro atoms. The molecular formula is C29H48F3N9O7. The van der Waals surface area contributed by atoms with Crippen LogP contribution < -0.4 is 44.6 Å². The number of benzene rings is 1. The third-order valence-electron chi connectivity index (χ3n) is 6.60. The number of carbonyl (C=O) groups is 5. The summed E-state index contributed by atoms with van der Waals surface area (Å²) in [5.41, 5.74) is 28.5. The maximum absolute atomic E-state index is 13.4. The van der Waals surface area contributed by atoms with Crippen molar-refractivity contribution in [1.82, 2.24) is 16.0 Å². The van der Waals surface area contributed by atoms with Gasteiger partial charge in [0.25, 0.3) is 0 Å². The average Bonchev–Trinajstić information content (AvgIpc) is 3.01. The summed E-state index contributed by atoms with van der Waals surface area (Å²) < 4.78 is 31.7. The van der Waals surface area contributed by atoms with Crippen molar-refractivity contribution in [3.8, 4) is 0 Å². The lowest BCUT2D eigenvalue weighted by Gasteiger charge is -2.25. The van der Waals surface area contributed by atoms with E-state index in [-0.39, 0.29) is 31.8 Å². The zero-order valence-electron chi connectivity index (χ0n) is 26.6. The van der Waals surface area contributed by atoms with Gasteiger partial charge in [-0.05, 0) is 63.6 Å². The number of carboxylic acid groups (broad SMARTS) is 2. The van der Waals surface area contributed by atoms with E-state index >= 15 is 0 Å². The smallest absolute Gasteiger partial charge is 0.480 e. The maximum Gasteiger partial charge on any atom is 0.490 e. The lowest BCUT2D eigenvalue weighted by Crippen LogP contribution is -2.57. The van der Waals surface area contributed by atoms with Gasteiger partial charge >= 0.3 is 18.1 Å². The summed E-state index contributed by atoms with van der Waals surface area (Å²) in [7, 11) is 0. The highest BCUT2D eigenvalue weighted by atomic mass is 19.4. The second-order valence-electron chi connectivity index (χ2n) is 10.6. The second kappa shape index (κ2) is 23.8. The Morgan fingerprint density at radius 1 is 0.729 bits per heavy atom. The molecule has 272 valence electrons. The number of halogens is 3. The van der Waals surface area contributed by atoms with E-state index in [1.165, 1.54) is 0 Å². The van der Waals surface area contributed by atoms with Crippen molar-refractivity contribution in [2.24, 2.45) is 33.7 Å². The molecular weight excluding hydrogens is 643 g/mol. The summed E-state index contributed by atoms with van der Waals surface area (Å²) in [6.45, 7) is 1.10. The van der Waals surface area contributed by atoms with Crippen LogP contribution >= 0.6 is 0 Å². The Kier molecular flexibility index (Phi) is 21.5. The van der Waals surface area contributed by atoms with Crippen molar-refractivity contribution in [2.75, 3.05) is 19.6 Å². The number of nitrogens with one attached hydrogen (secondary N) is 3. The lowest BCUT2D eigenvalue weighted by atomic mass is 10.0. The van der Waals surface area contributed by atoms with Crippen molar-refractivity contribution in [2.45, 2.75) is 88.1 Å². The molecule has 0 aliphatic heterocycles. The topological polar surface area (TPSA) is 304 Å². The number of hydrogen-bond donors (Lipinski definition) is 10. The fourth-order valence-corrected chi connectivity index (χ4v) is 4.04. The van der Waals surface area contributed by atoms with Crippen LogP contribution in [0.1, 0.15) is 56.9 Å². The third-order valence-corrected chi connectivity index (χ3v) is 6.60. The number of guanidine groups is 1. The van der Waals surface area contributed by atoms with Gasteiger partial charge in [0.05, 0.1) is 6.04 Å². The van der Waals surface area contributed by atoms with Gasteiger partial charge in [-0.3, -0.25) is 19.4 Å². The highest BCUT2D eigenvalue weighted by molar-refractivity contribution is 5.94. The molecule has 0 radical (unpaired) electrons. The molecule has 15 N–H and O–H groups in total. The van der Waals surface area contributed by atoms with Crippen molar-refractivity contribution >= 4 is 35.6 Å². The van der Waals surface area contributed by atoms with E-state index < -0.39 is 60.0 Å². The van der Waals surface area contributed by atoms with Crippen LogP contribution in [0.5, 0.6) is 0 Å². The zero-order valence-corrected chi connectivity index (χ0v) is 26.6. The summed E-state index contributed by atoms with van der Waals surface area (Å²) in [6.07, 6.45) is -1.39. The molecule has 19 heteroatoms. The first-order valence-electron chi connectivity index (χ1n) is 15.2. The minimum Gasteiger partial charge on any atom is -0.480 e. The first-order valence-corrected chi connectivity index (χ1v) is 15.2. The number of carboxylic acids is 2. The van der Waals surface area contributed by atoms with E-state index in [4.69, 9.17) is 38.6 Å². The molecule has 1 aromatic carbocycles. The van der Waals surface area contributed by atoms with Crippen LogP contribution in [-0.2, 0) is 30.4 Å². The Balaban J connectivity index is 0.00000282. The molecule has 1 aromatic rings. The molecule has 0 heterocycles. The fraction of sp³-hybridized carbons (Fsp3) is 0.586. The van der Waals surface area contributed by atoms with E-state index in [9.17, 15) is 37.5 Å². The van der Waals surface area contributed by atoms with E-state index in [2.05, 4.69) is 20.9 Å². The molecule has 1 rings (SSSR count). The zero-order chi connectivity index (χ0) is 36.7. The first-order chi connectivity index (χ1) is 22.5. The number of amides is 3. The van der Waals surface area contributed by atoms with Gasteiger partial charge in [0.15, 0.2) is 5.96 Å². The van der Waals surface area contributed by atoms with Gasteiger partial charge in [0.2, 0.25) is 17.7 Å². The van der Waals surface area contributed by atoms with Crippen LogP contribution in [0.4, 0.5) is 13.2 Å². The van der Waals surface area contributed by atoms with Crippen molar-refractivity contribution in [1.29, 1.82) is 0 Å². The number of hydrogen-bond acceptors (Lipinski definition) is 9. The van der Waals surface area contributed by atoms with Crippen LogP contribution in [-0.4, -0.2) is 95.8 Å². The lowest BCUT2D eigenvalue weighted by molar-refractivity contribution is -0.192. The molecule has 4 atom stereocenters. The SMILES string of the molecule is NCCCC[C@H](NC(=O)[C@H](Cc1ccccc1)NC(=O)[C@H](CCCN=C(N)N)NC(=O)[C@@H](N)CCCCN)C(=O)O.O=C(O)C(F)(F)F. The maximum atomic E-state index is 13.4. The molecule has 0 aromatic heterocycles. The summed E-state index contributed by atoms with van der Waals surface area (Å²) in [5, 5.41) is 24.7. The van der Waals surface area contributed by atoms with Crippen LogP contribution in [0.3, 0.4) is 0 Å². The molecule has 0 fully saturated rings. The number of aliphatic carboxylic acids is 2. The minimum atomic E-state index is -5.08. The monoisotopic (exact) mass is 691 g/mol. The third kappa shape index (κ3) is 19.9. The molecule has 3 amide bonds. The number of aliphatic imine (C=N–C) groups is 1. The molecule has 0 aliphatic carbocycles. The number of rotatable bonds is 21. The van der Waals surface area contributed by atoms with E-state index in [0.717, 1.165) is 5.56 Å². The molecule has 0 aliphatic rings. The molecule has 16 nitrogen and oxygen atoms in total. The van der Waals surface area contributed by atoms with Gasteiger partial charge in [-0.25, -0.2) is 9.59 Å².